The van der Waals surface area contributed by atoms with E-state index in [4.69, 9.17) is 0 Å². The highest BCUT2D eigenvalue weighted by atomic mass is 32.1. The van der Waals surface area contributed by atoms with Crippen LogP contribution in [0.3, 0.4) is 0 Å². The number of halogens is 3. The first kappa shape index (κ1) is 21.4. The molecule has 1 aliphatic carbocycles. The van der Waals surface area contributed by atoms with Crippen LogP contribution in [0.15, 0.2) is 54.2 Å². The zero-order valence-electron chi connectivity index (χ0n) is 17.5. The largest absolute Gasteiger partial charge is 0.416 e. The van der Waals surface area contributed by atoms with E-state index >= 15 is 0 Å². The minimum absolute atomic E-state index is 0.0847. The molecule has 0 radical (unpaired) electrons. The number of hydrogen-bond donors (Lipinski definition) is 2. The summed E-state index contributed by atoms with van der Waals surface area (Å²) in [5, 5.41) is 7.99. The number of benzene rings is 2. The molecule has 1 amide bonds. The van der Waals surface area contributed by atoms with Crippen LogP contribution >= 0.6 is 11.3 Å². The van der Waals surface area contributed by atoms with Crippen molar-refractivity contribution in [2.24, 2.45) is 0 Å². The Hall–Kier alpha value is -3.46. The van der Waals surface area contributed by atoms with Crippen LogP contribution in [0.25, 0.3) is 21.3 Å². The van der Waals surface area contributed by atoms with Crippen LogP contribution in [0.4, 0.5) is 24.7 Å². The monoisotopic (exact) mass is 468 g/mol. The Balaban J connectivity index is 1.46. The van der Waals surface area contributed by atoms with Gasteiger partial charge in [-0.05, 0) is 61.2 Å². The van der Waals surface area contributed by atoms with Gasteiger partial charge in [0, 0.05) is 28.2 Å². The third-order valence-corrected chi connectivity index (χ3v) is 6.49. The lowest BCUT2D eigenvalue weighted by Gasteiger charge is -2.11. The Labute approximate surface area is 191 Å². The maximum Gasteiger partial charge on any atom is 0.416 e. The fourth-order valence-electron chi connectivity index (χ4n) is 3.60. The van der Waals surface area contributed by atoms with Crippen molar-refractivity contribution < 1.29 is 18.0 Å². The van der Waals surface area contributed by atoms with Gasteiger partial charge in [-0.3, -0.25) is 4.79 Å². The summed E-state index contributed by atoms with van der Waals surface area (Å²) < 4.78 is 39.9. The summed E-state index contributed by atoms with van der Waals surface area (Å²) in [6, 6.07) is 10.3. The van der Waals surface area contributed by atoms with Gasteiger partial charge in [0.15, 0.2) is 0 Å². The van der Waals surface area contributed by atoms with Crippen LogP contribution < -0.4 is 10.6 Å². The smallest absolute Gasteiger partial charge is 0.366 e. The third-order valence-electron chi connectivity index (χ3n) is 5.51. The number of nitrogens with zero attached hydrogens (tertiary/aromatic N) is 2. The van der Waals surface area contributed by atoms with Crippen molar-refractivity contribution in [1.29, 1.82) is 0 Å². The molecular weight excluding hydrogens is 449 g/mol. The van der Waals surface area contributed by atoms with E-state index in [2.05, 4.69) is 20.6 Å². The minimum atomic E-state index is -4.48. The standard InChI is InChI=1S/C24H19F3N4OS/c1-13-5-6-14(23(32)31-17-4-2-3-15(10-17)24(25,26)27)9-18(13)19-11-33-21-20(19)28-12-29-22(21)30-16-7-8-16/h2-6,9-12,16H,7-8H2,1H3,(H,31,32)(H,28,29,30). The summed E-state index contributed by atoms with van der Waals surface area (Å²) in [5.41, 5.74) is 3.11. The normalized spacial score (nSPS) is 13.8. The van der Waals surface area contributed by atoms with Crippen molar-refractivity contribution in [2.45, 2.75) is 32.0 Å². The molecule has 1 aliphatic rings. The lowest BCUT2D eigenvalue weighted by atomic mass is 9.99. The number of aryl methyl sites for hydroxylation is 1. The van der Waals surface area contributed by atoms with Crippen LogP contribution in [0.2, 0.25) is 0 Å². The molecule has 1 saturated carbocycles. The van der Waals surface area contributed by atoms with Crippen molar-refractivity contribution >= 4 is 39.0 Å². The van der Waals surface area contributed by atoms with Gasteiger partial charge in [0.25, 0.3) is 5.91 Å². The molecule has 2 N–H and O–H groups in total. The molecule has 0 atom stereocenters. The van der Waals surface area contributed by atoms with E-state index in [1.807, 2.05) is 18.4 Å². The molecule has 4 aromatic rings. The topological polar surface area (TPSA) is 66.9 Å². The van der Waals surface area contributed by atoms with Gasteiger partial charge < -0.3 is 10.6 Å². The molecule has 0 unspecified atom stereocenters. The van der Waals surface area contributed by atoms with Gasteiger partial charge >= 0.3 is 6.18 Å². The first-order valence-electron chi connectivity index (χ1n) is 10.4. The number of amides is 1. The number of fused-ring (bicyclic) bond motifs is 1. The molecule has 1 fully saturated rings. The van der Waals surface area contributed by atoms with E-state index in [1.165, 1.54) is 18.5 Å². The summed E-state index contributed by atoms with van der Waals surface area (Å²) in [5.74, 6) is 0.329. The zero-order valence-corrected chi connectivity index (χ0v) is 18.3. The number of anilines is 2. The van der Waals surface area contributed by atoms with Crippen molar-refractivity contribution in [3.05, 3.63) is 70.9 Å². The number of thiophene rings is 1. The lowest BCUT2D eigenvalue weighted by Crippen LogP contribution is -2.13. The Kier molecular flexibility index (Phi) is 5.28. The molecule has 5 nitrogen and oxygen atoms in total. The maximum atomic E-state index is 13.0. The number of rotatable bonds is 5. The quantitative estimate of drug-likeness (QED) is 0.350. The van der Waals surface area contributed by atoms with E-state index in [0.29, 0.717) is 11.6 Å². The van der Waals surface area contributed by atoms with Gasteiger partial charge in [-0.2, -0.15) is 13.2 Å². The zero-order chi connectivity index (χ0) is 23.2. The molecule has 2 aromatic carbocycles. The highest BCUT2D eigenvalue weighted by Crippen LogP contribution is 2.38. The van der Waals surface area contributed by atoms with Crippen LogP contribution in [0.5, 0.6) is 0 Å². The molecule has 2 aromatic heterocycles. The summed E-state index contributed by atoms with van der Waals surface area (Å²) in [7, 11) is 0. The number of nitrogens with one attached hydrogen (secondary N) is 2. The second kappa shape index (κ2) is 8.15. The summed E-state index contributed by atoms with van der Waals surface area (Å²) >= 11 is 1.54. The fourth-order valence-corrected chi connectivity index (χ4v) is 4.57. The fraction of sp³-hybridized carbons (Fsp3) is 0.208. The molecule has 0 bridgehead atoms. The van der Waals surface area contributed by atoms with E-state index in [1.54, 1.807) is 23.5 Å². The second-order valence-electron chi connectivity index (χ2n) is 8.03. The Morgan fingerprint density at radius 2 is 1.91 bits per heavy atom. The van der Waals surface area contributed by atoms with Gasteiger partial charge in [-0.15, -0.1) is 11.3 Å². The molecule has 9 heteroatoms. The predicted molar refractivity (Wildman–Crippen MR) is 124 cm³/mol. The Morgan fingerprint density at radius 1 is 1.09 bits per heavy atom. The predicted octanol–water partition coefficient (Wildman–Crippen LogP) is 6.51. The second-order valence-corrected chi connectivity index (χ2v) is 8.91. The van der Waals surface area contributed by atoms with Gasteiger partial charge in [-0.1, -0.05) is 12.1 Å². The number of aromatic nitrogens is 2. The van der Waals surface area contributed by atoms with Gasteiger partial charge in [0.05, 0.1) is 15.8 Å². The summed E-state index contributed by atoms with van der Waals surface area (Å²) in [6.45, 7) is 1.94. The van der Waals surface area contributed by atoms with Crippen LogP contribution in [0, 0.1) is 6.92 Å². The molecule has 168 valence electrons. The molecule has 33 heavy (non-hydrogen) atoms. The van der Waals surface area contributed by atoms with E-state index in [0.717, 1.165) is 57.7 Å². The number of carbonyl (C=O) groups is 1. The number of hydrogen-bond acceptors (Lipinski definition) is 5. The van der Waals surface area contributed by atoms with E-state index < -0.39 is 17.6 Å². The minimum Gasteiger partial charge on any atom is -0.366 e. The highest BCUT2D eigenvalue weighted by molar-refractivity contribution is 7.18. The number of alkyl halides is 3. The highest BCUT2D eigenvalue weighted by Gasteiger charge is 2.30. The first-order chi connectivity index (χ1) is 15.8. The van der Waals surface area contributed by atoms with Crippen molar-refractivity contribution in [1.82, 2.24) is 9.97 Å². The van der Waals surface area contributed by atoms with Crippen LogP contribution in [-0.2, 0) is 6.18 Å². The molecule has 0 aliphatic heterocycles. The van der Waals surface area contributed by atoms with Crippen molar-refractivity contribution in [3.63, 3.8) is 0 Å². The molecule has 2 heterocycles. The average molecular weight is 469 g/mol. The maximum absolute atomic E-state index is 13.0. The molecule has 0 saturated heterocycles. The number of carbonyl (C=O) groups excluding carboxylic acids is 1. The molecular formula is C24H19F3N4OS. The average Bonchev–Trinajstić information content (AvgIpc) is 3.49. The van der Waals surface area contributed by atoms with Gasteiger partial charge in [-0.25, -0.2) is 9.97 Å². The van der Waals surface area contributed by atoms with Crippen LogP contribution in [-0.4, -0.2) is 21.9 Å². The van der Waals surface area contributed by atoms with Crippen LogP contribution in [0.1, 0.15) is 34.3 Å². The summed E-state index contributed by atoms with van der Waals surface area (Å²) in [4.78, 5) is 21.7. The molecule has 0 spiro atoms. The van der Waals surface area contributed by atoms with Gasteiger partial charge in [0.1, 0.15) is 12.1 Å². The van der Waals surface area contributed by atoms with E-state index in [-0.39, 0.29) is 5.69 Å². The SMILES string of the molecule is Cc1ccc(C(=O)Nc2cccc(C(F)(F)F)c2)cc1-c1csc2c(NC3CC3)ncnc12. The third kappa shape index (κ3) is 4.41. The Morgan fingerprint density at radius 3 is 2.67 bits per heavy atom. The van der Waals surface area contributed by atoms with Crippen molar-refractivity contribution in [3.8, 4) is 11.1 Å². The van der Waals surface area contributed by atoms with Gasteiger partial charge in [0.2, 0.25) is 0 Å². The van der Waals surface area contributed by atoms with E-state index in [9.17, 15) is 18.0 Å². The lowest BCUT2D eigenvalue weighted by molar-refractivity contribution is -0.137. The van der Waals surface area contributed by atoms with Crippen molar-refractivity contribution in [2.75, 3.05) is 10.6 Å². The molecule has 5 rings (SSSR count). The summed E-state index contributed by atoms with van der Waals surface area (Å²) in [6.07, 6.45) is -0.687. The Bertz CT molecular complexity index is 1360. The first-order valence-corrected chi connectivity index (χ1v) is 11.3.